The fraction of sp³-hybridized carbons (Fsp3) is 0.455. The van der Waals surface area contributed by atoms with Gasteiger partial charge in [0, 0.05) is 12.2 Å². The van der Waals surface area contributed by atoms with Gasteiger partial charge in [0.25, 0.3) is 0 Å². The number of nitrogens with zero attached hydrogens (tertiary/aromatic N) is 2. The molecule has 1 aromatic heterocycles. The highest BCUT2D eigenvalue weighted by Crippen LogP contribution is 2.28. The third-order valence-corrected chi connectivity index (χ3v) is 2.68. The van der Waals surface area contributed by atoms with Gasteiger partial charge >= 0.3 is 0 Å². The van der Waals surface area contributed by atoms with E-state index in [2.05, 4.69) is 4.98 Å². The van der Waals surface area contributed by atoms with E-state index >= 15 is 0 Å². The molecule has 1 aliphatic heterocycles. The Morgan fingerprint density at radius 1 is 1.57 bits per heavy atom. The van der Waals surface area contributed by atoms with Crippen LogP contribution in [0.25, 0.3) is 0 Å². The molecule has 1 unspecified atom stereocenters. The van der Waals surface area contributed by atoms with Gasteiger partial charge in [-0.1, -0.05) is 6.07 Å². The fourth-order valence-corrected chi connectivity index (χ4v) is 1.98. The molecule has 0 radical (unpaired) electrons. The second-order valence-electron chi connectivity index (χ2n) is 3.71. The van der Waals surface area contributed by atoms with Crippen LogP contribution in [0.2, 0.25) is 0 Å². The van der Waals surface area contributed by atoms with Crippen LogP contribution in [0.1, 0.15) is 30.3 Å². The molecule has 3 heteroatoms. The summed E-state index contributed by atoms with van der Waals surface area (Å²) in [4.78, 5) is 17.1. The van der Waals surface area contributed by atoms with E-state index in [9.17, 15) is 4.79 Å². The van der Waals surface area contributed by atoms with Crippen molar-refractivity contribution in [3.63, 3.8) is 0 Å². The molecule has 0 saturated carbocycles. The van der Waals surface area contributed by atoms with Crippen molar-refractivity contribution in [1.82, 2.24) is 9.88 Å². The van der Waals surface area contributed by atoms with Crippen molar-refractivity contribution in [3.05, 3.63) is 29.6 Å². The predicted octanol–water partition coefficient (Wildman–Crippen LogP) is 1.68. The molecule has 14 heavy (non-hydrogen) atoms. The molecule has 1 atom stereocenters. The van der Waals surface area contributed by atoms with E-state index in [0.29, 0.717) is 0 Å². The zero-order valence-electron chi connectivity index (χ0n) is 8.31. The van der Waals surface area contributed by atoms with Gasteiger partial charge in [-0.3, -0.25) is 9.78 Å². The number of aromatic nitrogens is 1. The lowest BCUT2D eigenvalue weighted by Gasteiger charge is -2.19. The van der Waals surface area contributed by atoms with Crippen LogP contribution < -0.4 is 0 Å². The van der Waals surface area contributed by atoms with Gasteiger partial charge in [-0.05, 0) is 31.9 Å². The monoisotopic (exact) mass is 190 g/mol. The topological polar surface area (TPSA) is 33.2 Å². The summed E-state index contributed by atoms with van der Waals surface area (Å²) < 4.78 is 0. The molecule has 1 aliphatic rings. The van der Waals surface area contributed by atoms with Crippen LogP contribution in [0.4, 0.5) is 0 Å². The van der Waals surface area contributed by atoms with Gasteiger partial charge < -0.3 is 4.90 Å². The van der Waals surface area contributed by atoms with Crippen molar-refractivity contribution in [2.45, 2.75) is 25.8 Å². The predicted molar refractivity (Wildman–Crippen MR) is 53.7 cm³/mol. The number of aryl methyl sites for hydroxylation is 1. The normalized spacial score (nSPS) is 21.2. The number of carbonyl (C=O) groups is 1. The fourth-order valence-electron chi connectivity index (χ4n) is 1.98. The third-order valence-electron chi connectivity index (χ3n) is 2.68. The molecule has 1 amide bonds. The number of carbonyl (C=O) groups excluding carboxylic acids is 1. The molecule has 3 nitrogen and oxygen atoms in total. The number of amides is 1. The van der Waals surface area contributed by atoms with E-state index in [1.807, 2.05) is 30.0 Å². The van der Waals surface area contributed by atoms with E-state index in [1.165, 1.54) is 0 Å². The van der Waals surface area contributed by atoms with Crippen molar-refractivity contribution in [3.8, 4) is 0 Å². The lowest BCUT2D eigenvalue weighted by atomic mass is 10.1. The average Bonchev–Trinajstić information content (AvgIpc) is 2.65. The van der Waals surface area contributed by atoms with Crippen molar-refractivity contribution < 1.29 is 4.79 Å². The number of likely N-dealkylation sites (tertiary alicyclic amines) is 1. The van der Waals surface area contributed by atoms with Crippen molar-refractivity contribution >= 4 is 6.41 Å². The molecule has 1 aromatic rings. The van der Waals surface area contributed by atoms with E-state index in [1.54, 1.807) is 0 Å². The average molecular weight is 190 g/mol. The molecule has 0 aromatic carbocycles. The molecule has 1 fully saturated rings. The molecule has 0 bridgehead atoms. The molecule has 0 N–H and O–H groups in total. The quantitative estimate of drug-likeness (QED) is 0.665. The Morgan fingerprint density at radius 3 is 3.14 bits per heavy atom. The van der Waals surface area contributed by atoms with Crippen LogP contribution in [0.3, 0.4) is 0 Å². The first-order valence-electron chi connectivity index (χ1n) is 4.96. The maximum atomic E-state index is 10.8. The van der Waals surface area contributed by atoms with Gasteiger partial charge in [0.15, 0.2) is 0 Å². The second-order valence-corrected chi connectivity index (χ2v) is 3.71. The minimum absolute atomic E-state index is 0.201. The van der Waals surface area contributed by atoms with E-state index < -0.39 is 0 Å². The number of pyridine rings is 1. The molecule has 1 saturated heterocycles. The van der Waals surface area contributed by atoms with Gasteiger partial charge in [0.1, 0.15) is 0 Å². The Kier molecular flexibility index (Phi) is 2.48. The van der Waals surface area contributed by atoms with Crippen molar-refractivity contribution in [1.29, 1.82) is 0 Å². The summed E-state index contributed by atoms with van der Waals surface area (Å²) in [6.07, 6.45) is 3.05. The first kappa shape index (κ1) is 9.19. The minimum atomic E-state index is 0.201. The Hall–Kier alpha value is -1.38. The van der Waals surface area contributed by atoms with E-state index in [4.69, 9.17) is 0 Å². The van der Waals surface area contributed by atoms with Gasteiger partial charge in [-0.15, -0.1) is 0 Å². The Labute approximate surface area is 83.8 Å². The molecule has 0 aliphatic carbocycles. The molecule has 2 heterocycles. The molecule has 2 rings (SSSR count). The Balaban J connectivity index is 2.25. The largest absolute Gasteiger partial charge is 0.337 e. The number of rotatable bonds is 2. The zero-order valence-corrected chi connectivity index (χ0v) is 8.31. The van der Waals surface area contributed by atoms with Crippen LogP contribution in [-0.2, 0) is 4.79 Å². The van der Waals surface area contributed by atoms with E-state index in [-0.39, 0.29) is 6.04 Å². The second kappa shape index (κ2) is 3.78. The van der Waals surface area contributed by atoms with Crippen LogP contribution in [0.15, 0.2) is 18.2 Å². The lowest BCUT2D eigenvalue weighted by Crippen LogP contribution is -2.21. The van der Waals surface area contributed by atoms with E-state index in [0.717, 1.165) is 37.2 Å². The van der Waals surface area contributed by atoms with Crippen LogP contribution >= 0.6 is 0 Å². The standard InChI is InChI=1S/C11H14N2O/c1-9-4-2-5-10(12-9)11-6-3-7-13(11)8-14/h2,4-5,8,11H,3,6-7H2,1H3. The van der Waals surface area contributed by atoms with Crippen molar-refractivity contribution in [2.75, 3.05) is 6.54 Å². The zero-order chi connectivity index (χ0) is 9.97. The minimum Gasteiger partial charge on any atom is -0.337 e. The maximum absolute atomic E-state index is 10.8. The highest BCUT2D eigenvalue weighted by Gasteiger charge is 2.25. The summed E-state index contributed by atoms with van der Waals surface area (Å²) in [5, 5.41) is 0. The number of hydrogen-bond acceptors (Lipinski definition) is 2. The number of hydrogen-bond donors (Lipinski definition) is 0. The summed E-state index contributed by atoms with van der Waals surface area (Å²) in [5.41, 5.74) is 2.04. The smallest absolute Gasteiger partial charge is 0.210 e. The summed E-state index contributed by atoms with van der Waals surface area (Å²) in [6.45, 7) is 2.84. The first-order chi connectivity index (χ1) is 6.81. The molecular formula is C11H14N2O. The Morgan fingerprint density at radius 2 is 2.43 bits per heavy atom. The van der Waals surface area contributed by atoms with Crippen LogP contribution in [-0.4, -0.2) is 22.8 Å². The summed E-state index contributed by atoms with van der Waals surface area (Å²) in [5.74, 6) is 0. The lowest BCUT2D eigenvalue weighted by molar-refractivity contribution is -0.119. The summed E-state index contributed by atoms with van der Waals surface area (Å²) in [6, 6.07) is 6.18. The van der Waals surface area contributed by atoms with Gasteiger partial charge in [0.2, 0.25) is 6.41 Å². The van der Waals surface area contributed by atoms with Crippen LogP contribution in [0.5, 0.6) is 0 Å². The molecule has 74 valence electrons. The maximum Gasteiger partial charge on any atom is 0.210 e. The highest BCUT2D eigenvalue weighted by atomic mass is 16.1. The summed E-state index contributed by atoms with van der Waals surface area (Å²) >= 11 is 0. The third kappa shape index (κ3) is 1.62. The first-order valence-corrected chi connectivity index (χ1v) is 4.96. The van der Waals surface area contributed by atoms with Gasteiger partial charge in [0.05, 0.1) is 11.7 Å². The SMILES string of the molecule is Cc1cccc(C2CCCN2C=O)n1. The Bertz CT molecular complexity index is 338. The molecule has 0 spiro atoms. The molecular weight excluding hydrogens is 176 g/mol. The summed E-state index contributed by atoms with van der Waals surface area (Å²) in [7, 11) is 0. The van der Waals surface area contributed by atoms with Crippen molar-refractivity contribution in [2.24, 2.45) is 0 Å². The van der Waals surface area contributed by atoms with Gasteiger partial charge in [-0.25, -0.2) is 0 Å². The van der Waals surface area contributed by atoms with Gasteiger partial charge in [-0.2, -0.15) is 0 Å². The highest BCUT2D eigenvalue weighted by molar-refractivity contribution is 5.49. The van der Waals surface area contributed by atoms with Crippen LogP contribution in [0, 0.1) is 6.92 Å².